The molecule has 2 heterocycles. The number of carbonyl (C=O) groups is 2. The highest BCUT2D eigenvalue weighted by molar-refractivity contribution is 7.17. The summed E-state index contributed by atoms with van der Waals surface area (Å²) in [5, 5.41) is 2.35. The number of amides is 2. The molecule has 0 fully saturated rings. The van der Waals surface area contributed by atoms with Crippen molar-refractivity contribution in [3.8, 4) is 11.1 Å². The lowest BCUT2D eigenvalue weighted by Gasteiger charge is -2.22. The topological polar surface area (TPSA) is 98.3 Å². The van der Waals surface area contributed by atoms with Crippen molar-refractivity contribution in [2.75, 3.05) is 11.4 Å². The second-order valence-corrected chi connectivity index (χ2v) is 8.90. The van der Waals surface area contributed by atoms with E-state index in [1.54, 1.807) is 0 Å². The lowest BCUT2D eigenvalue weighted by molar-refractivity contribution is -0.119. The van der Waals surface area contributed by atoms with Crippen molar-refractivity contribution in [1.29, 1.82) is 0 Å². The number of fused-ring (bicyclic) bond motifs is 1. The minimum absolute atomic E-state index is 0.0105. The molecule has 0 bridgehead atoms. The third kappa shape index (κ3) is 4.74. The quantitative estimate of drug-likeness (QED) is 0.437. The van der Waals surface area contributed by atoms with Crippen LogP contribution in [0.3, 0.4) is 0 Å². The Kier molecular flexibility index (Phi) is 6.56. The van der Waals surface area contributed by atoms with E-state index in [1.807, 2.05) is 37.4 Å². The molecule has 4 aromatic rings. The number of carbonyl (C=O) groups excluding carboxylic acids is 2. The van der Waals surface area contributed by atoms with Crippen molar-refractivity contribution in [2.24, 2.45) is 5.73 Å². The molecule has 7 nitrogen and oxygen atoms in total. The first-order chi connectivity index (χ1) is 16.2. The van der Waals surface area contributed by atoms with Gasteiger partial charge in [-0.1, -0.05) is 18.2 Å². The van der Waals surface area contributed by atoms with E-state index in [-0.39, 0.29) is 25.1 Å². The maximum atomic E-state index is 13.4. The molecule has 4 rings (SSSR count). The van der Waals surface area contributed by atoms with Gasteiger partial charge in [0, 0.05) is 29.6 Å². The van der Waals surface area contributed by atoms with Gasteiger partial charge in [0.15, 0.2) is 0 Å². The SMILES string of the molecule is Cc1ccc(-c2csc3ncn(CC(=O)N(CCC(N)=O)c4ccc(F)cc4)c(=O)c23)cc1C. The number of aromatic nitrogens is 2. The van der Waals surface area contributed by atoms with Gasteiger partial charge in [-0.3, -0.25) is 19.0 Å². The summed E-state index contributed by atoms with van der Waals surface area (Å²) < 4.78 is 14.6. The summed E-state index contributed by atoms with van der Waals surface area (Å²) in [6.07, 6.45) is 1.27. The number of nitrogens with zero attached hydrogens (tertiary/aromatic N) is 3. The highest BCUT2D eigenvalue weighted by atomic mass is 32.1. The Hall–Kier alpha value is -3.85. The molecule has 0 aliphatic carbocycles. The minimum atomic E-state index is -0.573. The summed E-state index contributed by atoms with van der Waals surface area (Å²) in [7, 11) is 0. The second kappa shape index (κ2) is 9.56. The van der Waals surface area contributed by atoms with E-state index in [4.69, 9.17) is 5.73 Å². The number of benzene rings is 2. The van der Waals surface area contributed by atoms with Crippen molar-refractivity contribution in [1.82, 2.24) is 9.55 Å². The number of halogens is 1. The van der Waals surface area contributed by atoms with Gasteiger partial charge < -0.3 is 10.6 Å². The predicted molar refractivity (Wildman–Crippen MR) is 131 cm³/mol. The number of thiophene rings is 1. The summed E-state index contributed by atoms with van der Waals surface area (Å²) in [5.41, 5.74) is 9.28. The fourth-order valence-electron chi connectivity index (χ4n) is 3.67. The molecule has 2 aromatic carbocycles. The second-order valence-electron chi connectivity index (χ2n) is 8.04. The van der Waals surface area contributed by atoms with Crippen LogP contribution in [0.1, 0.15) is 17.5 Å². The number of primary amides is 1. The van der Waals surface area contributed by atoms with Gasteiger partial charge in [0.25, 0.3) is 5.56 Å². The van der Waals surface area contributed by atoms with Crippen LogP contribution in [0.15, 0.2) is 59.0 Å². The third-order valence-corrected chi connectivity index (χ3v) is 6.59. The molecule has 0 saturated heterocycles. The Morgan fingerprint density at radius 3 is 2.53 bits per heavy atom. The van der Waals surface area contributed by atoms with E-state index in [9.17, 15) is 18.8 Å². The van der Waals surface area contributed by atoms with E-state index >= 15 is 0 Å². The van der Waals surface area contributed by atoms with Crippen LogP contribution in [0.4, 0.5) is 10.1 Å². The fraction of sp³-hybridized carbons (Fsp3) is 0.200. The predicted octanol–water partition coefficient (Wildman–Crippen LogP) is 3.79. The molecule has 0 spiro atoms. The molecule has 0 radical (unpaired) electrons. The Balaban J connectivity index is 1.70. The molecule has 0 atom stereocenters. The maximum absolute atomic E-state index is 13.4. The standard InChI is InChI=1S/C25H23FN4O3S/c1-15-3-4-17(11-16(15)2)20-13-34-24-23(20)25(33)29(14-28-24)12-22(32)30(10-9-21(27)31)19-7-5-18(26)6-8-19/h3-8,11,13-14H,9-10,12H2,1-2H3,(H2,27,31). The Labute approximate surface area is 199 Å². The highest BCUT2D eigenvalue weighted by Crippen LogP contribution is 2.31. The summed E-state index contributed by atoms with van der Waals surface area (Å²) in [4.78, 5) is 44.2. The van der Waals surface area contributed by atoms with Gasteiger partial charge in [0.2, 0.25) is 11.8 Å². The summed E-state index contributed by atoms with van der Waals surface area (Å²) in [5.74, 6) is -1.47. The smallest absolute Gasteiger partial charge is 0.263 e. The van der Waals surface area contributed by atoms with Gasteiger partial charge >= 0.3 is 0 Å². The lowest BCUT2D eigenvalue weighted by atomic mass is 10.0. The zero-order chi connectivity index (χ0) is 24.4. The van der Waals surface area contributed by atoms with Crippen LogP contribution in [0.5, 0.6) is 0 Å². The van der Waals surface area contributed by atoms with Crippen LogP contribution in [0.2, 0.25) is 0 Å². The fourth-order valence-corrected chi connectivity index (χ4v) is 4.58. The average molecular weight is 479 g/mol. The number of aryl methyl sites for hydroxylation is 2. The van der Waals surface area contributed by atoms with Gasteiger partial charge in [0.1, 0.15) is 17.2 Å². The summed E-state index contributed by atoms with van der Waals surface area (Å²) in [6.45, 7) is 3.76. The van der Waals surface area contributed by atoms with Crippen molar-refractivity contribution >= 4 is 39.1 Å². The van der Waals surface area contributed by atoms with E-state index in [0.29, 0.717) is 15.9 Å². The van der Waals surface area contributed by atoms with Gasteiger partial charge in [-0.15, -0.1) is 11.3 Å². The van der Waals surface area contributed by atoms with Gasteiger partial charge in [-0.05, 0) is 54.8 Å². The molecule has 0 aliphatic heterocycles. The number of anilines is 1. The maximum Gasteiger partial charge on any atom is 0.263 e. The zero-order valence-corrected chi connectivity index (χ0v) is 19.6. The van der Waals surface area contributed by atoms with E-state index in [0.717, 1.165) is 22.3 Å². The van der Waals surface area contributed by atoms with Crippen LogP contribution >= 0.6 is 11.3 Å². The van der Waals surface area contributed by atoms with E-state index in [1.165, 1.54) is 51.4 Å². The first-order valence-electron chi connectivity index (χ1n) is 10.6. The number of hydrogen-bond acceptors (Lipinski definition) is 5. The van der Waals surface area contributed by atoms with Crippen LogP contribution in [-0.2, 0) is 16.1 Å². The molecule has 0 unspecified atom stereocenters. The van der Waals surface area contributed by atoms with Crippen molar-refractivity contribution in [3.05, 3.63) is 81.5 Å². The molecule has 174 valence electrons. The lowest BCUT2D eigenvalue weighted by Crippen LogP contribution is -2.38. The van der Waals surface area contributed by atoms with Gasteiger partial charge in [-0.2, -0.15) is 0 Å². The largest absolute Gasteiger partial charge is 0.370 e. The number of hydrogen-bond donors (Lipinski definition) is 1. The minimum Gasteiger partial charge on any atom is -0.370 e. The molecular formula is C25H23FN4O3S. The molecule has 2 aromatic heterocycles. The van der Waals surface area contributed by atoms with Crippen molar-refractivity contribution in [3.63, 3.8) is 0 Å². The average Bonchev–Trinajstić information content (AvgIpc) is 3.23. The van der Waals surface area contributed by atoms with Crippen LogP contribution in [-0.4, -0.2) is 27.9 Å². The molecule has 0 saturated carbocycles. The van der Waals surface area contributed by atoms with Crippen LogP contribution in [0.25, 0.3) is 21.3 Å². The number of nitrogens with two attached hydrogens (primary N) is 1. The van der Waals surface area contributed by atoms with Crippen LogP contribution in [0, 0.1) is 19.7 Å². The molecule has 9 heteroatoms. The van der Waals surface area contributed by atoms with Crippen molar-refractivity contribution < 1.29 is 14.0 Å². The molecule has 2 amide bonds. The zero-order valence-electron chi connectivity index (χ0n) is 18.7. The molecule has 0 aliphatic rings. The van der Waals surface area contributed by atoms with Gasteiger partial charge in [-0.25, -0.2) is 9.37 Å². The van der Waals surface area contributed by atoms with E-state index < -0.39 is 17.6 Å². The summed E-state index contributed by atoms with van der Waals surface area (Å²) in [6, 6.07) is 11.3. The number of rotatable bonds is 7. The van der Waals surface area contributed by atoms with Gasteiger partial charge in [0.05, 0.1) is 11.7 Å². The molecule has 34 heavy (non-hydrogen) atoms. The Morgan fingerprint density at radius 2 is 1.85 bits per heavy atom. The third-order valence-electron chi connectivity index (χ3n) is 5.71. The first kappa shape index (κ1) is 23.3. The Morgan fingerprint density at radius 1 is 1.12 bits per heavy atom. The highest BCUT2D eigenvalue weighted by Gasteiger charge is 2.20. The first-order valence-corrected chi connectivity index (χ1v) is 11.5. The normalized spacial score (nSPS) is 11.0. The van der Waals surface area contributed by atoms with Crippen molar-refractivity contribution in [2.45, 2.75) is 26.8 Å². The monoisotopic (exact) mass is 478 g/mol. The van der Waals surface area contributed by atoms with E-state index in [2.05, 4.69) is 4.98 Å². The van der Waals surface area contributed by atoms with Crippen LogP contribution < -0.4 is 16.2 Å². The molecular weight excluding hydrogens is 455 g/mol. The Bertz CT molecular complexity index is 1440. The summed E-state index contributed by atoms with van der Waals surface area (Å²) >= 11 is 1.37. The molecule has 2 N–H and O–H groups in total.